The molecule has 1 aliphatic rings. The van der Waals surface area contributed by atoms with Crippen LogP contribution in [0.2, 0.25) is 0 Å². The summed E-state index contributed by atoms with van der Waals surface area (Å²) in [6.07, 6.45) is 1.01. The summed E-state index contributed by atoms with van der Waals surface area (Å²) >= 11 is 0. The number of amides is 1. The maximum absolute atomic E-state index is 11.8. The Morgan fingerprint density at radius 1 is 1.47 bits per heavy atom. The van der Waals surface area contributed by atoms with Gasteiger partial charge in [-0.1, -0.05) is 12.1 Å². The van der Waals surface area contributed by atoms with Crippen LogP contribution in [0.25, 0.3) is 0 Å². The van der Waals surface area contributed by atoms with Gasteiger partial charge in [0, 0.05) is 13.1 Å². The normalized spacial score (nSPS) is 16.8. The average Bonchev–Trinajstić information content (AvgIpc) is 2.55. The number of carbonyl (C=O) groups is 1. The molecule has 2 rings (SSSR count). The number of benzene rings is 1. The Labute approximate surface area is 102 Å². The van der Waals surface area contributed by atoms with Crippen LogP contribution in [0.1, 0.15) is 12.0 Å². The third kappa shape index (κ3) is 3.20. The van der Waals surface area contributed by atoms with Gasteiger partial charge in [0.1, 0.15) is 5.75 Å². The van der Waals surface area contributed by atoms with E-state index < -0.39 is 0 Å². The second kappa shape index (κ2) is 5.68. The van der Waals surface area contributed by atoms with Gasteiger partial charge in [0.15, 0.2) is 0 Å². The predicted molar refractivity (Wildman–Crippen MR) is 65.9 cm³/mol. The van der Waals surface area contributed by atoms with Crippen molar-refractivity contribution in [3.63, 3.8) is 0 Å². The summed E-state index contributed by atoms with van der Waals surface area (Å²) in [5.74, 6) is 1.01. The van der Waals surface area contributed by atoms with Crippen molar-refractivity contribution in [3.05, 3.63) is 29.8 Å². The number of rotatable bonds is 3. The minimum atomic E-state index is 0.172. The molecule has 4 nitrogen and oxygen atoms in total. The minimum absolute atomic E-state index is 0.172. The number of hydrogen-bond acceptors (Lipinski definition) is 3. The molecule has 0 aliphatic carbocycles. The number of ether oxygens (including phenoxy) is 1. The third-order valence-electron chi connectivity index (χ3n) is 2.92. The lowest BCUT2D eigenvalue weighted by Crippen LogP contribution is -2.34. The van der Waals surface area contributed by atoms with E-state index in [0.29, 0.717) is 13.1 Å². The Kier molecular flexibility index (Phi) is 3.98. The van der Waals surface area contributed by atoms with Crippen molar-refractivity contribution < 1.29 is 9.53 Å². The number of nitrogens with zero attached hydrogens (tertiary/aromatic N) is 1. The molecule has 1 aromatic carbocycles. The zero-order valence-corrected chi connectivity index (χ0v) is 10.1. The fourth-order valence-corrected chi connectivity index (χ4v) is 1.99. The molecule has 1 amide bonds. The zero-order valence-electron chi connectivity index (χ0n) is 10.1. The predicted octanol–water partition coefficient (Wildman–Crippen LogP) is 1.02. The van der Waals surface area contributed by atoms with Crippen LogP contribution in [0.3, 0.4) is 0 Å². The SMILES string of the molecule is COc1cccc(CN2CCCNCC2=O)c1. The van der Waals surface area contributed by atoms with Gasteiger partial charge >= 0.3 is 0 Å². The van der Waals surface area contributed by atoms with Gasteiger partial charge in [-0.05, 0) is 30.7 Å². The summed E-state index contributed by atoms with van der Waals surface area (Å²) in [5.41, 5.74) is 1.11. The molecule has 1 fully saturated rings. The fraction of sp³-hybridized carbons (Fsp3) is 0.462. The smallest absolute Gasteiger partial charge is 0.236 e. The van der Waals surface area contributed by atoms with E-state index >= 15 is 0 Å². The van der Waals surface area contributed by atoms with Crippen molar-refractivity contribution in [2.45, 2.75) is 13.0 Å². The average molecular weight is 234 g/mol. The molecule has 0 radical (unpaired) electrons. The molecular weight excluding hydrogens is 216 g/mol. The Morgan fingerprint density at radius 3 is 3.18 bits per heavy atom. The van der Waals surface area contributed by atoms with E-state index in [0.717, 1.165) is 30.8 Å². The molecule has 1 aromatic rings. The van der Waals surface area contributed by atoms with Gasteiger partial charge in [-0.2, -0.15) is 0 Å². The van der Waals surface area contributed by atoms with Crippen LogP contribution in [-0.4, -0.2) is 37.6 Å². The number of nitrogens with one attached hydrogen (secondary N) is 1. The summed E-state index contributed by atoms with van der Waals surface area (Å²) in [5, 5.41) is 3.12. The van der Waals surface area contributed by atoms with E-state index in [4.69, 9.17) is 4.74 Å². The standard InChI is InChI=1S/C13H18N2O2/c1-17-12-5-2-4-11(8-12)10-15-7-3-6-14-9-13(15)16/h2,4-5,8,14H,3,6-7,9-10H2,1H3. The van der Waals surface area contributed by atoms with Gasteiger partial charge < -0.3 is 15.0 Å². The van der Waals surface area contributed by atoms with Crippen molar-refractivity contribution in [2.75, 3.05) is 26.7 Å². The first-order valence-corrected chi connectivity index (χ1v) is 5.91. The fourth-order valence-electron chi connectivity index (χ4n) is 1.99. The van der Waals surface area contributed by atoms with Crippen molar-refractivity contribution >= 4 is 5.91 Å². The highest BCUT2D eigenvalue weighted by molar-refractivity contribution is 5.78. The van der Waals surface area contributed by atoms with Crippen LogP contribution in [0.4, 0.5) is 0 Å². The molecule has 1 heterocycles. The summed E-state index contributed by atoms with van der Waals surface area (Å²) in [7, 11) is 1.65. The summed E-state index contributed by atoms with van der Waals surface area (Å²) in [6, 6.07) is 7.86. The first kappa shape index (κ1) is 11.9. The maximum atomic E-state index is 11.8. The van der Waals surface area contributed by atoms with E-state index in [2.05, 4.69) is 5.32 Å². The Morgan fingerprint density at radius 2 is 2.35 bits per heavy atom. The molecule has 0 atom stereocenters. The van der Waals surface area contributed by atoms with Crippen LogP contribution in [0, 0.1) is 0 Å². The molecule has 1 saturated heterocycles. The van der Waals surface area contributed by atoms with Crippen molar-refractivity contribution in [1.29, 1.82) is 0 Å². The van der Waals surface area contributed by atoms with Crippen molar-refractivity contribution in [3.8, 4) is 5.75 Å². The topological polar surface area (TPSA) is 41.6 Å². The van der Waals surface area contributed by atoms with E-state index in [1.807, 2.05) is 29.2 Å². The second-order valence-electron chi connectivity index (χ2n) is 4.20. The minimum Gasteiger partial charge on any atom is -0.497 e. The number of methoxy groups -OCH3 is 1. The largest absolute Gasteiger partial charge is 0.497 e. The molecule has 17 heavy (non-hydrogen) atoms. The highest BCUT2D eigenvalue weighted by Crippen LogP contribution is 2.14. The Bertz CT molecular complexity index is 393. The van der Waals surface area contributed by atoms with Gasteiger partial charge in [0.2, 0.25) is 5.91 Å². The lowest BCUT2D eigenvalue weighted by atomic mass is 10.2. The van der Waals surface area contributed by atoms with Crippen LogP contribution < -0.4 is 10.1 Å². The lowest BCUT2D eigenvalue weighted by molar-refractivity contribution is -0.130. The van der Waals surface area contributed by atoms with Crippen LogP contribution in [0.5, 0.6) is 5.75 Å². The van der Waals surface area contributed by atoms with Crippen LogP contribution in [0.15, 0.2) is 24.3 Å². The third-order valence-corrected chi connectivity index (χ3v) is 2.92. The van der Waals surface area contributed by atoms with Crippen LogP contribution in [-0.2, 0) is 11.3 Å². The first-order valence-electron chi connectivity index (χ1n) is 5.91. The van der Waals surface area contributed by atoms with E-state index in [-0.39, 0.29) is 5.91 Å². The second-order valence-corrected chi connectivity index (χ2v) is 4.20. The Hall–Kier alpha value is -1.55. The van der Waals surface area contributed by atoms with Gasteiger partial charge in [0.05, 0.1) is 13.7 Å². The number of carbonyl (C=O) groups excluding carboxylic acids is 1. The summed E-state index contributed by atoms with van der Waals surface area (Å²) in [6.45, 7) is 2.85. The van der Waals surface area contributed by atoms with Crippen LogP contribution >= 0.6 is 0 Å². The van der Waals surface area contributed by atoms with E-state index in [9.17, 15) is 4.79 Å². The van der Waals surface area contributed by atoms with E-state index in [1.165, 1.54) is 0 Å². The molecular formula is C13H18N2O2. The molecule has 1 aliphatic heterocycles. The van der Waals surface area contributed by atoms with Gasteiger partial charge in [0.25, 0.3) is 0 Å². The van der Waals surface area contributed by atoms with Gasteiger partial charge in [-0.25, -0.2) is 0 Å². The molecule has 4 heteroatoms. The summed E-state index contributed by atoms with van der Waals surface area (Å²) in [4.78, 5) is 13.7. The molecule has 0 unspecified atom stereocenters. The molecule has 0 spiro atoms. The molecule has 1 N–H and O–H groups in total. The highest BCUT2D eigenvalue weighted by Gasteiger charge is 2.16. The molecule has 92 valence electrons. The van der Waals surface area contributed by atoms with Crippen molar-refractivity contribution in [2.24, 2.45) is 0 Å². The molecule has 0 aromatic heterocycles. The number of hydrogen-bond donors (Lipinski definition) is 1. The molecule has 0 saturated carbocycles. The van der Waals surface area contributed by atoms with E-state index in [1.54, 1.807) is 7.11 Å². The Balaban J connectivity index is 2.05. The quantitative estimate of drug-likeness (QED) is 0.849. The lowest BCUT2D eigenvalue weighted by Gasteiger charge is -2.20. The molecule has 0 bridgehead atoms. The monoisotopic (exact) mass is 234 g/mol. The van der Waals surface area contributed by atoms with Gasteiger partial charge in [-0.3, -0.25) is 4.79 Å². The van der Waals surface area contributed by atoms with Crippen molar-refractivity contribution in [1.82, 2.24) is 10.2 Å². The highest BCUT2D eigenvalue weighted by atomic mass is 16.5. The summed E-state index contributed by atoms with van der Waals surface area (Å²) < 4.78 is 5.18. The van der Waals surface area contributed by atoms with Gasteiger partial charge in [-0.15, -0.1) is 0 Å². The first-order chi connectivity index (χ1) is 8.29. The maximum Gasteiger partial charge on any atom is 0.236 e. The zero-order chi connectivity index (χ0) is 12.1.